The summed E-state index contributed by atoms with van der Waals surface area (Å²) >= 11 is 6.28. The smallest absolute Gasteiger partial charge is 0.0817 e. The number of aryl methyl sites for hydroxylation is 1. The minimum atomic E-state index is 0.359. The molecule has 2 aromatic rings. The van der Waals surface area contributed by atoms with Crippen LogP contribution in [0.25, 0.3) is 0 Å². The van der Waals surface area contributed by atoms with E-state index < -0.39 is 0 Å². The summed E-state index contributed by atoms with van der Waals surface area (Å²) < 4.78 is 2.04. The van der Waals surface area contributed by atoms with Gasteiger partial charge in [-0.3, -0.25) is 4.68 Å². The predicted molar refractivity (Wildman–Crippen MR) is 88.7 cm³/mol. The first-order chi connectivity index (χ1) is 10.3. The SMILES string of the molecule is CCCn1ncc(Cl)c1CCC(NCC)c1ccccc1. The van der Waals surface area contributed by atoms with Crippen molar-refractivity contribution in [3.8, 4) is 0 Å². The van der Waals surface area contributed by atoms with Crippen molar-refractivity contribution in [2.75, 3.05) is 6.54 Å². The van der Waals surface area contributed by atoms with Gasteiger partial charge in [0.2, 0.25) is 0 Å². The molecule has 0 aliphatic carbocycles. The van der Waals surface area contributed by atoms with E-state index in [1.807, 2.05) is 4.68 Å². The lowest BCUT2D eigenvalue weighted by molar-refractivity contribution is 0.495. The molecule has 1 heterocycles. The van der Waals surface area contributed by atoms with Crippen molar-refractivity contribution in [2.45, 2.75) is 45.7 Å². The summed E-state index contributed by atoms with van der Waals surface area (Å²) in [7, 11) is 0. The first-order valence-electron chi connectivity index (χ1n) is 7.74. The van der Waals surface area contributed by atoms with Gasteiger partial charge in [-0.05, 0) is 31.4 Å². The van der Waals surface area contributed by atoms with Crippen LogP contribution in [0.5, 0.6) is 0 Å². The molecule has 0 saturated heterocycles. The van der Waals surface area contributed by atoms with Gasteiger partial charge >= 0.3 is 0 Å². The van der Waals surface area contributed by atoms with Gasteiger partial charge in [-0.1, -0.05) is 55.8 Å². The lowest BCUT2D eigenvalue weighted by atomic mass is 10.0. The zero-order valence-corrected chi connectivity index (χ0v) is 13.6. The van der Waals surface area contributed by atoms with E-state index in [9.17, 15) is 0 Å². The number of aromatic nitrogens is 2. The molecule has 0 aliphatic heterocycles. The van der Waals surface area contributed by atoms with Crippen LogP contribution in [0.3, 0.4) is 0 Å². The second-order valence-corrected chi connectivity index (χ2v) is 5.63. The molecule has 0 spiro atoms. The van der Waals surface area contributed by atoms with Crippen LogP contribution in [0, 0.1) is 0 Å². The molecule has 2 rings (SSSR count). The van der Waals surface area contributed by atoms with E-state index in [-0.39, 0.29) is 0 Å². The Morgan fingerprint density at radius 1 is 1.24 bits per heavy atom. The first-order valence-corrected chi connectivity index (χ1v) is 8.12. The molecular formula is C17H24ClN3. The van der Waals surface area contributed by atoms with E-state index in [1.54, 1.807) is 6.20 Å². The Hall–Kier alpha value is -1.32. The third-order valence-corrected chi connectivity index (χ3v) is 3.97. The topological polar surface area (TPSA) is 29.9 Å². The molecule has 1 aromatic carbocycles. The number of rotatable bonds is 8. The number of halogens is 1. The van der Waals surface area contributed by atoms with Gasteiger partial charge in [0, 0.05) is 12.6 Å². The van der Waals surface area contributed by atoms with Gasteiger partial charge in [0.15, 0.2) is 0 Å². The maximum Gasteiger partial charge on any atom is 0.0817 e. The number of nitrogens with one attached hydrogen (secondary N) is 1. The van der Waals surface area contributed by atoms with Crippen LogP contribution < -0.4 is 5.32 Å². The zero-order chi connectivity index (χ0) is 15.1. The van der Waals surface area contributed by atoms with Crippen molar-refractivity contribution in [3.05, 3.63) is 52.8 Å². The molecule has 1 N–H and O–H groups in total. The molecule has 0 radical (unpaired) electrons. The molecule has 1 unspecified atom stereocenters. The minimum Gasteiger partial charge on any atom is -0.310 e. The molecule has 0 fully saturated rings. The summed E-state index contributed by atoms with van der Waals surface area (Å²) in [5.74, 6) is 0. The molecule has 114 valence electrons. The standard InChI is InChI=1S/C17H24ClN3/c1-3-12-21-17(15(18)13-20-21)11-10-16(19-4-2)14-8-6-5-7-9-14/h5-9,13,16,19H,3-4,10-12H2,1-2H3. The second kappa shape index (κ2) is 8.20. The predicted octanol–water partition coefficient (Wildman–Crippen LogP) is 4.23. The third-order valence-electron chi connectivity index (χ3n) is 3.66. The van der Waals surface area contributed by atoms with Gasteiger partial charge in [0.25, 0.3) is 0 Å². The molecule has 0 bridgehead atoms. The highest BCUT2D eigenvalue weighted by Crippen LogP contribution is 2.23. The van der Waals surface area contributed by atoms with E-state index >= 15 is 0 Å². The summed E-state index contributed by atoms with van der Waals surface area (Å²) in [6, 6.07) is 11.0. The minimum absolute atomic E-state index is 0.359. The maximum absolute atomic E-state index is 6.28. The van der Waals surface area contributed by atoms with E-state index in [1.165, 1.54) is 5.56 Å². The Balaban J connectivity index is 2.07. The number of nitrogens with zero attached hydrogens (tertiary/aromatic N) is 2. The molecule has 0 saturated carbocycles. The normalized spacial score (nSPS) is 12.5. The average Bonchev–Trinajstić information content (AvgIpc) is 2.85. The van der Waals surface area contributed by atoms with Crippen molar-refractivity contribution in [1.29, 1.82) is 0 Å². The molecule has 4 heteroatoms. The van der Waals surface area contributed by atoms with Crippen molar-refractivity contribution in [1.82, 2.24) is 15.1 Å². The second-order valence-electron chi connectivity index (χ2n) is 5.22. The highest BCUT2D eigenvalue weighted by molar-refractivity contribution is 6.31. The van der Waals surface area contributed by atoms with Crippen LogP contribution in [-0.4, -0.2) is 16.3 Å². The third kappa shape index (κ3) is 4.32. The lowest BCUT2D eigenvalue weighted by Gasteiger charge is -2.18. The van der Waals surface area contributed by atoms with Crippen molar-refractivity contribution in [2.24, 2.45) is 0 Å². The highest BCUT2D eigenvalue weighted by atomic mass is 35.5. The molecule has 1 aromatic heterocycles. The maximum atomic E-state index is 6.28. The monoisotopic (exact) mass is 305 g/mol. The zero-order valence-electron chi connectivity index (χ0n) is 12.8. The lowest BCUT2D eigenvalue weighted by Crippen LogP contribution is -2.22. The number of benzene rings is 1. The molecule has 0 aliphatic rings. The number of hydrogen-bond acceptors (Lipinski definition) is 2. The number of hydrogen-bond donors (Lipinski definition) is 1. The van der Waals surface area contributed by atoms with Crippen LogP contribution in [-0.2, 0) is 13.0 Å². The summed E-state index contributed by atoms with van der Waals surface area (Å²) in [5, 5.41) is 8.71. The van der Waals surface area contributed by atoms with E-state index in [4.69, 9.17) is 11.6 Å². The van der Waals surface area contributed by atoms with Gasteiger partial charge in [-0.25, -0.2) is 0 Å². The van der Waals surface area contributed by atoms with Crippen LogP contribution in [0.1, 0.15) is 44.0 Å². The van der Waals surface area contributed by atoms with E-state index in [0.29, 0.717) is 6.04 Å². The Kier molecular flexibility index (Phi) is 6.27. The molecular weight excluding hydrogens is 282 g/mol. The van der Waals surface area contributed by atoms with Crippen LogP contribution in [0.2, 0.25) is 5.02 Å². The summed E-state index contributed by atoms with van der Waals surface area (Å²) in [5.41, 5.74) is 2.48. The van der Waals surface area contributed by atoms with Crippen LogP contribution >= 0.6 is 11.6 Å². The first kappa shape index (κ1) is 16.1. The molecule has 1 atom stereocenters. The largest absolute Gasteiger partial charge is 0.310 e. The van der Waals surface area contributed by atoms with Crippen molar-refractivity contribution >= 4 is 11.6 Å². The summed E-state index contributed by atoms with van der Waals surface area (Å²) in [6.07, 6.45) is 4.79. The average molecular weight is 306 g/mol. The molecule has 21 heavy (non-hydrogen) atoms. The van der Waals surface area contributed by atoms with Gasteiger partial charge in [-0.2, -0.15) is 5.10 Å². The van der Waals surface area contributed by atoms with Crippen LogP contribution in [0.15, 0.2) is 36.5 Å². The van der Waals surface area contributed by atoms with Gasteiger partial charge < -0.3 is 5.32 Å². The van der Waals surface area contributed by atoms with Crippen molar-refractivity contribution in [3.63, 3.8) is 0 Å². The quantitative estimate of drug-likeness (QED) is 0.791. The Labute approximate surface area is 132 Å². The van der Waals surface area contributed by atoms with Gasteiger partial charge in [-0.15, -0.1) is 0 Å². The molecule has 0 amide bonds. The van der Waals surface area contributed by atoms with Gasteiger partial charge in [0.1, 0.15) is 0 Å². The van der Waals surface area contributed by atoms with E-state index in [2.05, 4.69) is 54.6 Å². The van der Waals surface area contributed by atoms with Crippen molar-refractivity contribution < 1.29 is 0 Å². The highest BCUT2D eigenvalue weighted by Gasteiger charge is 2.14. The Morgan fingerprint density at radius 3 is 2.67 bits per heavy atom. The molecule has 3 nitrogen and oxygen atoms in total. The van der Waals surface area contributed by atoms with Crippen LogP contribution in [0.4, 0.5) is 0 Å². The Bertz CT molecular complexity index is 536. The fourth-order valence-electron chi connectivity index (χ4n) is 2.64. The van der Waals surface area contributed by atoms with E-state index in [0.717, 1.165) is 43.1 Å². The summed E-state index contributed by atoms with van der Waals surface area (Å²) in [6.45, 7) is 6.19. The van der Waals surface area contributed by atoms with Gasteiger partial charge in [0.05, 0.1) is 16.9 Å². The summed E-state index contributed by atoms with van der Waals surface area (Å²) in [4.78, 5) is 0. The fourth-order valence-corrected chi connectivity index (χ4v) is 2.88. The fraction of sp³-hybridized carbons (Fsp3) is 0.471. The Morgan fingerprint density at radius 2 is 2.00 bits per heavy atom.